The summed E-state index contributed by atoms with van der Waals surface area (Å²) in [6.07, 6.45) is 1.14. The first-order valence-corrected chi connectivity index (χ1v) is 6.85. The first-order chi connectivity index (χ1) is 9.16. The quantitative estimate of drug-likeness (QED) is 0.828. The highest BCUT2D eigenvalue weighted by atomic mass is 15.2. The Bertz CT molecular complexity index is 604. The molecule has 19 heavy (non-hydrogen) atoms. The number of para-hydroxylation sites is 1. The number of rotatable bonds is 2. The lowest BCUT2D eigenvalue weighted by Crippen LogP contribution is -2.29. The fraction of sp³-hybridized carbons (Fsp3) is 0.294. The summed E-state index contributed by atoms with van der Waals surface area (Å²) in [5.74, 6) is 0. The summed E-state index contributed by atoms with van der Waals surface area (Å²) < 4.78 is 0. The van der Waals surface area contributed by atoms with Crippen molar-refractivity contribution in [2.45, 2.75) is 32.9 Å². The maximum atomic E-state index is 6.01. The van der Waals surface area contributed by atoms with E-state index in [-0.39, 0.29) is 0 Å². The number of nitrogen functional groups attached to an aromatic ring is 1. The van der Waals surface area contributed by atoms with Gasteiger partial charge in [-0.3, -0.25) is 0 Å². The van der Waals surface area contributed by atoms with Gasteiger partial charge < -0.3 is 10.6 Å². The second-order valence-electron chi connectivity index (χ2n) is 5.44. The second kappa shape index (κ2) is 4.61. The van der Waals surface area contributed by atoms with Gasteiger partial charge in [0.1, 0.15) is 0 Å². The summed E-state index contributed by atoms with van der Waals surface area (Å²) in [4.78, 5) is 2.48. The van der Waals surface area contributed by atoms with Crippen LogP contribution in [-0.2, 0) is 13.0 Å². The van der Waals surface area contributed by atoms with Crippen LogP contribution < -0.4 is 10.6 Å². The number of anilines is 2. The van der Waals surface area contributed by atoms with Crippen molar-refractivity contribution in [1.29, 1.82) is 0 Å². The number of benzene rings is 2. The molecule has 1 aliphatic heterocycles. The van der Waals surface area contributed by atoms with E-state index in [2.05, 4.69) is 49.1 Å². The Morgan fingerprint density at radius 2 is 1.95 bits per heavy atom. The van der Waals surface area contributed by atoms with Crippen molar-refractivity contribution in [3.8, 4) is 0 Å². The van der Waals surface area contributed by atoms with E-state index in [9.17, 15) is 0 Å². The van der Waals surface area contributed by atoms with Gasteiger partial charge in [-0.15, -0.1) is 0 Å². The van der Waals surface area contributed by atoms with Gasteiger partial charge in [0.2, 0.25) is 0 Å². The fourth-order valence-corrected chi connectivity index (χ4v) is 2.93. The smallest absolute Gasteiger partial charge is 0.0436 e. The van der Waals surface area contributed by atoms with Crippen LogP contribution in [0.2, 0.25) is 0 Å². The maximum absolute atomic E-state index is 6.01. The molecule has 0 fully saturated rings. The minimum Gasteiger partial charge on any atom is -0.399 e. The summed E-state index contributed by atoms with van der Waals surface area (Å²) in [5.41, 5.74) is 12.2. The zero-order valence-electron chi connectivity index (χ0n) is 11.6. The first kappa shape index (κ1) is 12.1. The van der Waals surface area contributed by atoms with Crippen molar-refractivity contribution < 1.29 is 0 Å². The molecule has 0 spiro atoms. The molecule has 98 valence electrons. The molecule has 2 N–H and O–H groups in total. The summed E-state index contributed by atoms with van der Waals surface area (Å²) in [6, 6.07) is 15.5. The average molecular weight is 252 g/mol. The standard InChI is InChI=1S/C17H20N2/c1-12-10-14-6-3-4-9-17(14)19(12)11-15-7-5-8-16(18)13(15)2/h3-9,12H,10-11,18H2,1-2H3. The van der Waals surface area contributed by atoms with Crippen LogP contribution in [0, 0.1) is 6.92 Å². The highest BCUT2D eigenvalue weighted by Gasteiger charge is 2.25. The highest BCUT2D eigenvalue weighted by molar-refractivity contribution is 5.60. The zero-order chi connectivity index (χ0) is 13.4. The monoisotopic (exact) mass is 252 g/mol. The lowest BCUT2D eigenvalue weighted by molar-refractivity contribution is 0.671. The summed E-state index contributed by atoms with van der Waals surface area (Å²) >= 11 is 0. The Morgan fingerprint density at radius 1 is 1.16 bits per heavy atom. The van der Waals surface area contributed by atoms with E-state index >= 15 is 0 Å². The molecule has 2 nitrogen and oxygen atoms in total. The van der Waals surface area contributed by atoms with Crippen molar-refractivity contribution >= 4 is 11.4 Å². The Hall–Kier alpha value is -1.96. The molecule has 0 amide bonds. The van der Waals surface area contributed by atoms with Crippen LogP contribution in [0.5, 0.6) is 0 Å². The van der Waals surface area contributed by atoms with Crippen LogP contribution in [-0.4, -0.2) is 6.04 Å². The van der Waals surface area contributed by atoms with E-state index in [0.29, 0.717) is 6.04 Å². The Balaban J connectivity index is 1.93. The summed E-state index contributed by atoms with van der Waals surface area (Å²) in [7, 11) is 0. The Labute approximate surface area is 114 Å². The van der Waals surface area contributed by atoms with Gasteiger partial charge in [-0.1, -0.05) is 30.3 Å². The van der Waals surface area contributed by atoms with Crippen LogP contribution in [0.3, 0.4) is 0 Å². The second-order valence-corrected chi connectivity index (χ2v) is 5.44. The molecule has 1 unspecified atom stereocenters. The molecule has 2 heteroatoms. The van der Waals surface area contributed by atoms with E-state index in [0.717, 1.165) is 18.7 Å². The molecule has 1 heterocycles. The first-order valence-electron chi connectivity index (χ1n) is 6.85. The molecule has 0 bridgehead atoms. The molecule has 0 radical (unpaired) electrons. The molecular weight excluding hydrogens is 232 g/mol. The zero-order valence-corrected chi connectivity index (χ0v) is 11.6. The number of nitrogens with zero attached hydrogens (tertiary/aromatic N) is 1. The topological polar surface area (TPSA) is 29.3 Å². The molecule has 0 saturated heterocycles. The lowest BCUT2D eigenvalue weighted by atomic mass is 10.1. The maximum Gasteiger partial charge on any atom is 0.0436 e. The summed E-state index contributed by atoms with van der Waals surface area (Å²) in [5, 5.41) is 0. The van der Waals surface area contributed by atoms with Gasteiger partial charge >= 0.3 is 0 Å². The van der Waals surface area contributed by atoms with Crippen LogP contribution >= 0.6 is 0 Å². The minimum atomic E-state index is 0.554. The van der Waals surface area contributed by atoms with Crippen LogP contribution in [0.15, 0.2) is 42.5 Å². The minimum absolute atomic E-state index is 0.554. The molecule has 0 aromatic heterocycles. The number of hydrogen-bond donors (Lipinski definition) is 1. The SMILES string of the molecule is Cc1c(N)cccc1CN1c2ccccc2CC1C. The molecule has 2 aromatic rings. The van der Waals surface area contributed by atoms with E-state index in [4.69, 9.17) is 5.73 Å². The lowest BCUT2D eigenvalue weighted by Gasteiger charge is -2.26. The predicted molar refractivity (Wildman–Crippen MR) is 81.4 cm³/mol. The third-order valence-corrected chi connectivity index (χ3v) is 4.18. The van der Waals surface area contributed by atoms with Gasteiger partial charge in [-0.2, -0.15) is 0 Å². The van der Waals surface area contributed by atoms with Gasteiger partial charge in [0.15, 0.2) is 0 Å². The van der Waals surface area contributed by atoms with Gasteiger partial charge in [-0.25, -0.2) is 0 Å². The van der Waals surface area contributed by atoms with E-state index < -0.39 is 0 Å². The third kappa shape index (κ3) is 2.07. The molecule has 0 saturated carbocycles. The Morgan fingerprint density at radius 3 is 2.79 bits per heavy atom. The van der Waals surface area contributed by atoms with E-state index in [1.165, 1.54) is 22.4 Å². The van der Waals surface area contributed by atoms with Crippen molar-refractivity contribution in [3.63, 3.8) is 0 Å². The van der Waals surface area contributed by atoms with Gasteiger partial charge in [0, 0.05) is 24.0 Å². The van der Waals surface area contributed by atoms with Crippen molar-refractivity contribution in [3.05, 3.63) is 59.2 Å². The molecule has 1 aliphatic rings. The number of nitrogens with two attached hydrogens (primary N) is 1. The number of fused-ring (bicyclic) bond motifs is 1. The molecule has 2 aromatic carbocycles. The average Bonchev–Trinajstić information content (AvgIpc) is 2.72. The molecule has 3 rings (SSSR count). The van der Waals surface area contributed by atoms with Crippen LogP contribution in [0.4, 0.5) is 11.4 Å². The Kier molecular flexibility index (Phi) is 2.94. The fourth-order valence-electron chi connectivity index (χ4n) is 2.93. The normalized spacial score (nSPS) is 17.6. The highest BCUT2D eigenvalue weighted by Crippen LogP contribution is 2.33. The van der Waals surface area contributed by atoms with E-state index in [1.807, 2.05) is 12.1 Å². The predicted octanol–water partition coefficient (Wildman–Crippen LogP) is 3.53. The van der Waals surface area contributed by atoms with E-state index in [1.54, 1.807) is 0 Å². The van der Waals surface area contributed by atoms with Crippen molar-refractivity contribution in [1.82, 2.24) is 0 Å². The van der Waals surface area contributed by atoms with Crippen LogP contribution in [0.1, 0.15) is 23.6 Å². The van der Waals surface area contributed by atoms with Crippen molar-refractivity contribution in [2.24, 2.45) is 0 Å². The molecule has 1 atom stereocenters. The largest absolute Gasteiger partial charge is 0.399 e. The molecular formula is C17H20N2. The van der Waals surface area contributed by atoms with Crippen LogP contribution in [0.25, 0.3) is 0 Å². The third-order valence-electron chi connectivity index (χ3n) is 4.18. The summed E-state index contributed by atoms with van der Waals surface area (Å²) in [6.45, 7) is 5.34. The van der Waals surface area contributed by atoms with Gasteiger partial charge in [0.25, 0.3) is 0 Å². The molecule has 0 aliphatic carbocycles. The van der Waals surface area contributed by atoms with Gasteiger partial charge in [0.05, 0.1) is 0 Å². The number of hydrogen-bond acceptors (Lipinski definition) is 2. The van der Waals surface area contributed by atoms with Crippen molar-refractivity contribution in [2.75, 3.05) is 10.6 Å². The van der Waals surface area contributed by atoms with Gasteiger partial charge in [-0.05, 0) is 49.1 Å².